The molecule has 0 N–H and O–H groups in total. The standard InChI is InChI=1S/C17H25F3N6/c1-5-24(6-2)9-13-7-8-25(10-13)15-12(4)11(3)14-21-22-16(17(18,19)20)26(14)23-15/h13H,5-10H2,1-4H3. The lowest BCUT2D eigenvalue weighted by molar-refractivity contribution is -0.146. The van der Waals surface area contributed by atoms with E-state index in [9.17, 15) is 13.2 Å². The summed E-state index contributed by atoms with van der Waals surface area (Å²) in [5.74, 6) is 0.0215. The smallest absolute Gasteiger partial charge is 0.355 e. The molecule has 1 saturated heterocycles. The van der Waals surface area contributed by atoms with E-state index in [2.05, 4.69) is 38.9 Å². The Bertz CT molecular complexity index is 781. The first-order valence-electron chi connectivity index (χ1n) is 9.03. The minimum atomic E-state index is -4.58. The summed E-state index contributed by atoms with van der Waals surface area (Å²) in [4.78, 5) is 4.47. The number of hydrogen-bond acceptors (Lipinski definition) is 5. The van der Waals surface area contributed by atoms with Gasteiger partial charge in [0.15, 0.2) is 11.5 Å². The van der Waals surface area contributed by atoms with Crippen molar-refractivity contribution in [2.24, 2.45) is 5.92 Å². The van der Waals surface area contributed by atoms with E-state index in [1.165, 1.54) is 0 Å². The first kappa shape index (κ1) is 18.9. The van der Waals surface area contributed by atoms with Gasteiger partial charge in [0.1, 0.15) is 0 Å². The Morgan fingerprint density at radius 1 is 1.12 bits per heavy atom. The third-order valence-electron chi connectivity index (χ3n) is 5.32. The number of fused-ring (bicyclic) bond motifs is 1. The zero-order valence-electron chi connectivity index (χ0n) is 15.6. The molecule has 3 rings (SSSR count). The summed E-state index contributed by atoms with van der Waals surface area (Å²) in [6.07, 6.45) is -3.56. The molecule has 6 nitrogen and oxygen atoms in total. The lowest BCUT2D eigenvalue weighted by Gasteiger charge is -2.24. The number of nitrogens with zero attached hydrogens (tertiary/aromatic N) is 6. The van der Waals surface area contributed by atoms with Crippen LogP contribution in [0.4, 0.5) is 19.0 Å². The largest absolute Gasteiger partial charge is 0.453 e. The topological polar surface area (TPSA) is 49.6 Å². The summed E-state index contributed by atoms with van der Waals surface area (Å²) >= 11 is 0. The number of anilines is 1. The third kappa shape index (κ3) is 3.36. The summed E-state index contributed by atoms with van der Waals surface area (Å²) in [5, 5.41) is 11.3. The monoisotopic (exact) mass is 370 g/mol. The molecule has 0 aliphatic carbocycles. The number of aromatic nitrogens is 4. The Morgan fingerprint density at radius 3 is 2.42 bits per heavy atom. The van der Waals surface area contributed by atoms with Crippen molar-refractivity contribution in [2.75, 3.05) is 37.6 Å². The van der Waals surface area contributed by atoms with E-state index in [1.807, 2.05) is 6.92 Å². The average Bonchev–Trinajstić information content (AvgIpc) is 3.22. The summed E-state index contributed by atoms with van der Waals surface area (Å²) in [7, 11) is 0. The predicted octanol–water partition coefficient (Wildman–Crippen LogP) is 2.93. The highest BCUT2D eigenvalue weighted by Crippen LogP contribution is 2.32. The second-order valence-electron chi connectivity index (χ2n) is 6.92. The van der Waals surface area contributed by atoms with E-state index in [1.54, 1.807) is 6.92 Å². The average molecular weight is 370 g/mol. The van der Waals surface area contributed by atoms with Gasteiger partial charge in [-0.25, -0.2) is 0 Å². The van der Waals surface area contributed by atoms with Crippen LogP contribution in [0.5, 0.6) is 0 Å². The molecule has 1 aliphatic rings. The molecular weight excluding hydrogens is 345 g/mol. The molecule has 3 heterocycles. The van der Waals surface area contributed by atoms with Crippen LogP contribution in [0.2, 0.25) is 0 Å². The molecule has 9 heteroatoms. The van der Waals surface area contributed by atoms with Crippen LogP contribution < -0.4 is 4.90 Å². The fourth-order valence-electron chi connectivity index (χ4n) is 3.61. The Kier molecular flexibility index (Phi) is 5.09. The van der Waals surface area contributed by atoms with Gasteiger partial charge in [-0.2, -0.15) is 17.7 Å². The maximum Gasteiger partial charge on any atom is 0.453 e. The highest BCUT2D eigenvalue weighted by molar-refractivity contribution is 5.59. The van der Waals surface area contributed by atoms with E-state index in [4.69, 9.17) is 0 Å². The van der Waals surface area contributed by atoms with E-state index >= 15 is 0 Å². The zero-order valence-corrected chi connectivity index (χ0v) is 15.6. The first-order chi connectivity index (χ1) is 12.3. The minimum Gasteiger partial charge on any atom is -0.355 e. The molecule has 1 atom stereocenters. The van der Waals surface area contributed by atoms with Crippen LogP contribution in [0.25, 0.3) is 5.65 Å². The maximum atomic E-state index is 13.2. The first-order valence-corrected chi connectivity index (χ1v) is 9.03. The fraction of sp³-hybridized carbons (Fsp3) is 0.706. The molecule has 144 valence electrons. The van der Waals surface area contributed by atoms with Crippen molar-refractivity contribution < 1.29 is 13.2 Å². The van der Waals surface area contributed by atoms with Gasteiger partial charge < -0.3 is 9.80 Å². The number of halogens is 3. The van der Waals surface area contributed by atoms with E-state index in [0.29, 0.717) is 17.3 Å². The molecule has 0 bridgehead atoms. The van der Waals surface area contributed by atoms with Crippen molar-refractivity contribution in [3.63, 3.8) is 0 Å². The minimum absolute atomic E-state index is 0.164. The van der Waals surface area contributed by atoms with E-state index in [-0.39, 0.29) is 5.65 Å². The van der Waals surface area contributed by atoms with Gasteiger partial charge in [0.25, 0.3) is 5.82 Å². The van der Waals surface area contributed by atoms with Gasteiger partial charge in [-0.3, -0.25) is 0 Å². The van der Waals surface area contributed by atoms with Gasteiger partial charge in [0, 0.05) is 30.8 Å². The van der Waals surface area contributed by atoms with Gasteiger partial charge in [-0.1, -0.05) is 13.8 Å². The van der Waals surface area contributed by atoms with Crippen LogP contribution in [0.1, 0.15) is 37.2 Å². The molecule has 0 amide bonds. The van der Waals surface area contributed by atoms with Crippen molar-refractivity contribution in [3.8, 4) is 0 Å². The van der Waals surface area contributed by atoms with E-state index in [0.717, 1.165) is 49.2 Å². The molecule has 1 unspecified atom stereocenters. The van der Waals surface area contributed by atoms with Crippen LogP contribution in [0, 0.1) is 19.8 Å². The van der Waals surface area contributed by atoms with Crippen LogP contribution in [0.3, 0.4) is 0 Å². The normalized spacial score (nSPS) is 18.5. The van der Waals surface area contributed by atoms with Crippen LogP contribution in [0.15, 0.2) is 0 Å². The Hall–Kier alpha value is -1.90. The second kappa shape index (κ2) is 7.02. The Balaban J connectivity index is 1.92. The Morgan fingerprint density at radius 2 is 1.81 bits per heavy atom. The summed E-state index contributed by atoms with van der Waals surface area (Å²) in [5.41, 5.74) is 1.71. The second-order valence-corrected chi connectivity index (χ2v) is 6.92. The van der Waals surface area contributed by atoms with Crippen LogP contribution >= 0.6 is 0 Å². The van der Waals surface area contributed by atoms with Gasteiger partial charge in [-0.15, -0.1) is 15.3 Å². The number of hydrogen-bond donors (Lipinski definition) is 0. The maximum absolute atomic E-state index is 13.2. The molecule has 0 aromatic carbocycles. The summed E-state index contributed by atoms with van der Waals surface area (Å²) < 4.78 is 40.4. The zero-order chi connectivity index (χ0) is 19.1. The van der Waals surface area contributed by atoms with Gasteiger partial charge in [0.05, 0.1) is 0 Å². The lowest BCUT2D eigenvalue weighted by atomic mass is 10.1. The Labute approximate surface area is 151 Å². The molecule has 2 aromatic rings. The summed E-state index contributed by atoms with van der Waals surface area (Å²) in [6.45, 7) is 12.6. The van der Waals surface area contributed by atoms with Gasteiger partial charge in [-0.05, 0) is 39.3 Å². The lowest BCUT2D eigenvalue weighted by Crippen LogP contribution is -2.31. The molecule has 1 aliphatic heterocycles. The van der Waals surface area contributed by atoms with Gasteiger partial charge in [0.2, 0.25) is 0 Å². The highest BCUT2D eigenvalue weighted by atomic mass is 19.4. The molecule has 26 heavy (non-hydrogen) atoms. The van der Waals surface area contributed by atoms with Crippen molar-refractivity contribution in [1.82, 2.24) is 24.7 Å². The molecule has 1 fully saturated rings. The van der Waals surface area contributed by atoms with E-state index < -0.39 is 12.0 Å². The van der Waals surface area contributed by atoms with Gasteiger partial charge >= 0.3 is 6.18 Å². The molecule has 0 spiro atoms. The summed E-state index contributed by atoms with van der Waals surface area (Å²) in [6, 6.07) is 0. The van der Waals surface area contributed by atoms with Crippen LogP contribution in [-0.2, 0) is 6.18 Å². The molecule has 0 radical (unpaired) electrons. The third-order valence-corrected chi connectivity index (χ3v) is 5.32. The van der Waals surface area contributed by atoms with Crippen molar-refractivity contribution in [3.05, 3.63) is 17.0 Å². The van der Waals surface area contributed by atoms with Crippen molar-refractivity contribution in [2.45, 2.75) is 40.3 Å². The fourth-order valence-corrected chi connectivity index (χ4v) is 3.61. The van der Waals surface area contributed by atoms with Crippen molar-refractivity contribution in [1.29, 1.82) is 0 Å². The highest BCUT2D eigenvalue weighted by Gasteiger charge is 2.38. The number of aryl methyl sites for hydroxylation is 1. The number of rotatable bonds is 5. The SMILES string of the molecule is CCN(CC)CC1CCN(c2nn3c(C(F)(F)F)nnc3c(C)c2C)C1. The van der Waals surface area contributed by atoms with Crippen LogP contribution in [-0.4, -0.2) is 57.4 Å². The number of alkyl halides is 3. The van der Waals surface area contributed by atoms with Crippen molar-refractivity contribution >= 4 is 11.5 Å². The molecule has 2 aromatic heterocycles. The quantitative estimate of drug-likeness (QED) is 0.810. The molecule has 0 saturated carbocycles. The predicted molar refractivity (Wildman–Crippen MR) is 93.4 cm³/mol. The molecular formula is C17H25F3N6.